The second kappa shape index (κ2) is 9.79. The van der Waals surface area contributed by atoms with Crippen LogP contribution < -0.4 is 9.54 Å². The highest BCUT2D eigenvalue weighted by Crippen LogP contribution is 2.26. The first-order valence-electron chi connectivity index (χ1n) is 11.2. The van der Waals surface area contributed by atoms with Gasteiger partial charge in [0.25, 0.3) is 5.91 Å². The van der Waals surface area contributed by atoms with Gasteiger partial charge in [-0.25, -0.2) is 8.42 Å². The highest BCUT2D eigenvalue weighted by molar-refractivity contribution is 7.89. The topological polar surface area (TPSA) is 81.0 Å². The average Bonchev–Trinajstić information content (AvgIpc) is 3.21. The van der Waals surface area contributed by atoms with E-state index in [9.17, 15) is 13.2 Å². The van der Waals surface area contributed by atoms with Crippen LogP contribution in [0.3, 0.4) is 0 Å². The Hall–Kier alpha value is -2.49. The molecule has 0 unspecified atom stereocenters. The van der Waals surface area contributed by atoms with Crippen molar-refractivity contribution in [2.45, 2.75) is 44.6 Å². The van der Waals surface area contributed by atoms with Crippen molar-refractivity contribution in [2.75, 3.05) is 20.2 Å². The van der Waals surface area contributed by atoms with Crippen molar-refractivity contribution in [1.29, 1.82) is 0 Å². The summed E-state index contributed by atoms with van der Waals surface area (Å²) in [4.78, 5) is 18.4. The summed E-state index contributed by atoms with van der Waals surface area (Å²) in [6.07, 6.45) is 1.85. The molecule has 0 spiro atoms. The van der Waals surface area contributed by atoms with Gasteiger partial charge in [0.2, 0.25) is 10.0 Å². The zero-order chi connectivity index (χ0) is 23.6. The molecule has 1 saturated heterocycles. The number of amides is 1. The molecule has 2 aromatic carbocycles. The minimum atomic E-state index is -3.60. The van der Waals surface area contributed by atoms with Gasteiger partial charge in [-0.1, -0.05) is 30.4 Å². The maximum atomic E-state index is 13.0. The molecule has 1 aliphatic heterocycles. The number of methoxy groups -OCH3 is 1. The van der Waals surface area contributed by atoms with E-state index in [1.54, 1.807) is 31.4 Å². The molecule has 176 valence electrons. The number of aromatic nitrogens is 1. The van der Waals surface area contributed by atoms with Crippen molar-refractivity contribution in [3.63, 3.8) is 0 Å². The van der Waals surface area contributed by atoms with Gasteiger partial charge >= 0.3 is 0 Å². The van der Waals surface area contributed by atoms with Gasteiger partial charge in [0.15, 0.2) is 4.80 Å². The fraction of sp³-hybridized carbons (Fsp3) is 0.417. The molecule has 0 N–H and O–H groups in total. The van der Waals surface area contributed by atoms with Crippen LogP contribution in [0.4, 0.5) is 0 Å². The zero-order valence-electron chi connectivity index (χ0n) is 19.2. The van der Waals surface area contributed by atoms with Crippen molar-refractivity contribution in [2.24, 2.45) is 10.9 Å². The van der Waals surface area contributed by atoms with E-state index in [0.717, 1.165) is 23.2 Å². The number of piperidine rings is 1. The van der Waals surface area contributed by atoms with Crippen LogP contribution in [0.5, 0.6) is 5.75 Å². The third kappa shape index (κ3) is 4.62. The monoisotopic (exact) mass is 487 g/mol. The first-order valence-corrected chi connectivity index (χ1v) is 13.5. The van der Waals surface area contributed by atoms with Crippen molar-refractivity contribution < 1.29 is 17.9 Å². The van der Waals surface area contributed by atoms with Gasteiger partial charge < -0.3 is 9.30 Å². The number of para-hydroxylation sites is 1. The average molecular weight is 488 g/mol. The van der Waals surface area contributed by atoms with Gasteiger partial charge in [-0.3, -0.25) is 4.79 Å². The van der Waals surface area contributed by atoms with E-state index in [1.807, 2.05) is 6.07 Å². The number of carbonyl (C=O) groups is 1. The summed E-state index contributed by atoms with van der Waals surface area (Å²) in [5.74, 6) is 0.174. The smallest absolute Gasteiger partial charge is 0.251 e. The van der Waals surface area contributed by atoms with E-state index in [0.29, 0.717) is 36.5 Å². The number of ether oxygens (including phenoxy) is 1. The molecule has 4 rings (SSSR count). The molecule has 1 aliphatic rings. The Morgan fingerprint density at radius 3 is 2.42 bits per heavy atom. The molecular formula is C24H29N3O4S2. The highest BCUT2D eigenvalue weighted by atomic mass is 32.2. The number of hydrogen-bond donors (Lipinski definition) is 0. The Bertz CT molecular complexity index is 1320. The van der Waals surface area contributed by atoms with Crippen LogP contribution in [0.15, 0.2) is 52.4 Å². The molecule has 7 nitrogen and oxygen atoms in total. The minimum Gasteiger partial charge on any atom is -0.497 e. The highest BCUT2D eigenvalue weighted by Gasteiger charge is 2.32. The SMILES string of the molecule is CCc1cccc2sc(=NC(=O)C3CCN(S(=O)(=O)c4ccc(OC)cc4)CC3)n(CC)c12. The molecule has 0 radical (unpaired) electrons. The van der Waals surface area contributed by atoms with Gasteiger partial charge in [0.05, 0.1) is 22.2 Å². The number of aryl methyl sites for hydroxylation is 2. The van der Waals surface area contributed by atoms with E-state index < -0.39 is 10.0 Å². The Labute approximate surface area is 198 Å². The van der Waals surface area contributed by atoms with Gasteiger partial charge in [0, 0.05) is 25.6 Å². The first kappa shape index (κ1) is 23.7. The number of rotatable bonds is 6. The van der Waals surface area contributed by atoms with Crippen LogP contribution in [0.25, 0.3) is 10.2 Å². The van der Waals surface area contributed by atoms with Crippen LogP contribution in [-0.4, -0.2) is 43.4 Å². The van der Waals surface area contributed by atoms with Gasteiger partial charge in [-0.15, -0.1) is 0 Å². The van der Waals surface area contributed by atoms with Crippen molar-refractivity contribution in [1.82, 2.24) is 8.87 Å². The number of sulfonamides is 1. The summed E-state index contributed by atoms with van der Waals surface area (Å²) in [5.41, 5.74) is 2.40. The lowest BCUT2D eigenvalue weighted by Crippen LogP contribution is -2.40. The molecule has 0 aliphatic carbocycles. The van der Waals surface area contributed by atoms with E-state index in [1.165, 1.54) is 21.2 Å². The number of nitrogens with zero attached hydrogens (tertiary/aromatic N) is 3. The lowest BCUT2D eigenvalue weighted by atomic mass is 9.98. The number of benzene rings is 2. The quantitative estimate of drug-likeness (QED) is 0.529. The Kier molecular flexibility index (Phi) is 7.02. The Balaban J connectivity index is 1.51. The lowest BCUT2D eigenvalue weighted by Gasteiger charge is -2.29. The normalized spacial score (nSPS) is 16.4. The summed E-state index contributed by atoms with van der Waals surface area (Å²) in [6, 6.07) is 12.6. The molecule has 1 fully saturated rings. The zero-order valence-corrected chi connectivity index (χ0v) is 20.8. The van der Waals surface area contributed by atoms with Gasteiger partial charge in [0.1, 0.15) is 5.75 Å². The molecular weight excluding hydrogens is 458 g/mol. The molecule has 0 saturated carbocycles. The van der Waals surface area contributed by atoms with Crippen LogP contribution in [-0.2, 0) is 27.8 Å². The summed E-state index contributed by atoms with van der Waals surface area (Å²) in [6.45, 7) is 5.54. The van der Waals surface area contributed by atoms with Crippen LogP contribution in [0, 0.1) is 5.92 Å². The number of fused-ring (bicyclic) bond motifs is 1. The van der Waals surface area contributed by atoms with E-state index >= 15 is 0 Å². The molecule has 1 aromatic heterocycles. The molecule has 9 heteroatoms. The molecule has 1 amide bonds. The number of hydrogen-bond acceptors (Lipinski definition) is 5. The molecule has 3 aromatic rings. The summed E-state index contributed by atoms with van der Waals surface area (Å²) in [7, 11) is -2.06. The number of thiazole rings is 1. The molecule has 33 heavy (non-hydrogen) atoms. The van der Waals surface area contributed by atoms with Crippen LogP contribution in [0.1, 0.15) is 32.3 Å². The predicted octanol–water partition coefficient (Wildman–Crippen LogP) is 3.82. The summed E-state index contributed by atoms with van der Waals surface area (Å²) < 4.78 is 35.7. The van der Waals surface area contributed by atoms with Crippen molar-refractivity contribution in [3.8, 4) is 5.75 Å². The van der Waals surface area contributed by atoms with Gasteiger partial charge in [-0.05, 0) is 62.1 Å². The molecule has 0 atom stereocenters. The Morgan fingerprint density at radius 2 is 1.82 bits per heavy atom. The van der Waals surface area contributed by atoms with Crippen molar-refractivity contribution >= 4 is 37.5 Å². The maximum Gasteiger partial charge on any atom is 0.251 e. The van der Waals surface area contributed by atoms with Gasteiger partial charge in [-0.2, -0.15) is 9.30 Å². The third-order valence-electron chi connectivity index (χ3n) is 6.19. The third-order valence-corrected chi connectivity index (χ3v) is 9.14. The second-order valence-corrected chi connectivity index (χ2v) is 11.0. The van der Waals surface area contributed by atoms with E-state index in [4.69, 9.17) is 4.74 Å². The summed E-state index contributed by atoms with van der Waals surface area (Å²) in [5, 5.41) is 0. The van der Waals surface area contributed by atoms with Crippen LogP contribution >= 0.6 is 11.3 Å². The number of carbonyl (C=O) groups excluding carboxylic acids is 1. The van der Waals surface area contributed by atoms with Crippen molar-refractivity contribution in [3.05, 3.63) is 52.8 Å². The van der Waals surface area contributed by atoms with E-state index in [2.05, 4.69) is 35.5 Å². The first-order chi connectivity index (χ1) is 15.9. The molecule has 2 heterocycles. The molecule has 0 bridgehead atoms. The lowest BCUT2D eigenvalue weighted by molar-refractivity contribution is -0.122. The second-order valence-electron chi connectivity index (χ2n) is 8.05. The van der Waals surface area contributed by atoms with Crippen LogP contribution in [0.2, 0.25) is 0 Å². The maximum absolute atomic E-state index is 13.0. The largest absolute Gasteiger partial charge is 0.497 e. The minimum absolute atomic E-state index is 0.164. The fourth-order valence-electron chi connectivity index (χ4n) is 4.29. The predicted molar refractivity (Wildman–Crippen MR) is 130 cm³/mol. The Morgan fingerprint density at radius 1 is 1.12 bits per heavy atom. The fourth-order valence-corrected chi connectivity index (χ4v) is 6.91. The van der Waals surface area contributed by atoms with E-state index in [-0.39, 0.29) is 16.7 Å². The standard InChI is InChI=1S/C24H29N3O4S2/c1-4-17-7-6-8-21-22(17)27(5-2)24(32-21)25-23(28)18-13-15-26(16-14-18)33(29,30)20-11-9-19(31-3)10-12-20/h6-12,18H,4-5,13-16H2,1-3H3. The summed E-state index contributed by atoms with van der Waals surface area (Å²) >= 11 is 1.53.